The Kier molecular flexibility index (Phi) is 4.09. The minimum Gasteiger partial charge on any atom is -0.516 e. The number of aliphatic hydroxyl groups excluding tert-OH is 1. The number of benzene rings is 2. The first-order valence-electron chi connectivity index (χ1n) is 8.57. The molecule has 0 amide bonds. The molecule has 3 nitrogen and oxygen atoms in total. The summed E-state index contributed by atoms with van der Waals surface area (Å²) >= 11 is 0. The van der Waals surface area contributed by atoms with Crippen molar-refractivity contribution in [3.63, 3.8) is 0 Å². The molecule has 24 heavy (non-hydrogen) atoms. The molecule has 0 spiro atoms. The topological polar surface area (TPSA) is 48.0 Å². The number of aliphatic hydroxyl groups is 1. The van der Waals surface area contributed by atoms with Gasteiger partial charge in [-0.3, -0.25) is 0 Å². The van der Waals surface area contributed by atoms with Crippen molar-refractivity contribution in [3.05, 3.63) is 77.2 Å². The molecule has 4 rings (SSSR count). The number of fused-ring (bicyclic) bond motifs is 2. The Bertz CT molecular complexity index is 878. The largest absolute Gasteiger partial charge is 0.516 e. The lowest BCUT2D eigenvalue weighted by Crippen LogP contribution is -2.21. The second-order valence-corrected chi connectivity index (χ2v) is 6.43. The van der Waals surface area contributed by atoms with Crippen LogP contribution in [-0.2, 0) is 12.8 Å². The molecule has 122 valence electrons. The van der Waals surface area contributed by atoms with Crippen molar-refractivity contribution in [1.82, 2.24) is 10.3 Å². The lowest BCUT2D eigenvalue weighted by Gasteiger charge is -2.14. The third-order valence-electron chi connectivity index (χ3n) is 4.97. The van der Waals surface area contributed by atoms with Crippen molar-refractivity contribution in [2.45, 2.75) is 25.3 Å². The van der Waals surface area contributed by atoms with E-state index in [1.54, 1.807) is 6.08 Å². The molecule has 1 heterocycles. The van der Waals surface area contributed by atoms with Gasteiger partial charge in [0, 0.05) is 23.1 Å². The number of H-pyrrole nitrogens is 1. The summed E-state index contributed by atoms with van der Waals surface area (Å²) < 4.78 is 0. The zero-order valence-corrected chi connectivity index (χ0v) is 13.6. The number of hydrogen-bond donors (Lipinski definition) is 3. The van der Waals surface area contributed by atoms with E-state index in [0.717, 1.165) is 37.6 Å². The van der Waals surface area contributed by atoms with Crippen LogP contribution < -0.4 is 5.32 Å². The first kappa shape index (κ1) is 15.0. The molecule has 1 aliphatic rings. The first-order valence-corrected chi connectivity index (χ1v) is 8.57. The van der Waals surface area contributed by atoms with Gasteiger partial charge in [0.1, 0.15) is 0 Å². The number of hydrogen-bond acceptors (Lipinski definition) is 2. The molecule has 0 saturated heterocycles. The Morgan fingerprint density at radius 2 is 2.12 bits per heavy atom. The summed E-state index contributed by atoms with van der Waals surface area (Å²) in [6.07, 6.45) is 8.25. The molecule has 1 aromatic heterocycles. The van der Waals surface area contributed by atoms with Crippen molar-refractivity contribution in [2.75, 3.05) is 6.54 Å². The Morgan fingerprint density at radius 1 is 1.21 bits per heavy atom. The highest BCUT2D eigenvalue weighted by Gasteiger charge is 2.21. The fourth-order valence-electron chi connectivity index (χ4n) is 3.76. The summed E-state index contributed by atoms with van der Waals surface area (Å²) in [6, 6.07) is 15.4. The highest BCUT2D eigenvalue weighted by molar-refractivity contribution is 5.83. The zero-order valence-electron chi connectivity index (χ0n) is 13.6. The third-order valence-corrected chi connectivity index (χ3v) is 4.97. The van der Waals surface area contributed by atoms with E-state index in [2.05, 4.69) is 59.0 Å². The van der Waals surface area contributed by atoms with Gasteiger partial charge in [0.25, 0.3) is 0 Å². The number of rotatable bonds is 5. The summed E-state index contributed by atoms with van der Waals surface area (Å²) in [6.45, 7) is 0.976. The van der Waals surface area contributed by atoms with Crippen LogP contribution in [0, 0.1) is 0 Å². The summed E-state index contributed by atoms with van der Waals surface area (Å²) in [5, 5.41) is 13.9. The van der Waals surface area contributed by atoms with Crippen LogP contribution in [0.4, 0.5) is 0 Å². The average Bonchev–Trinajstić information content (AvgIpc) is 3.20. The highest BCUT2D eigenvalue weighted by Crippen LogP contribution is 2.32. The molecule has 3 aromatic rings. The molecule has 0 saturated carbocycles. The maximum Gasteiger partial charge on any atom is 0.0797 e. The van der Waals surface area contributed by atoms with Gasteiger partial charge in [0.15, 0.2) is 0 Å². The van der Waals surface area contributed by atoms with Crippen LogP contribution in [0.5, 0.6) is 0 Å². The van der Waals surface area contributed by atoms with Crippen LogP contribution in [-0.4, -0.2) is 16.6 Å². The second-order valence-electron chi connectivity index (χ2n) is 6.43. The Balaban J connectivity index is 1.41. The molecule has 2 aromatic carbocycles. The minimum absolute atomic E-state index is 0.442. The molecular weight excluding hydrogens is 296 g/mol. The van der Waals surface area contributed by atoms with Gasteiger partial charge in [-0.1, -0.05) is 36.4 Å². The number of aromatic nitrogens is 1. The lowest BCUT2D eigenvalue weighted by molar-refractivity contribution is 0.478. The molecule has 0 bridgehead atoms. The van der Waals surface area contributed by atoms with Crippen molar-refractivity contribution in [1.29, 1.82) is 0 Å². The lowest BCUT2D eigenvalue weighted by atomic mass is 10.0. The second kappa shape index (κ2) is 6.54. The Labute approximate surface area is 142 Å². The normalized spacial score (nSPS) is 16.9. The smallest absolute Gasteiger partial charge is 0.0797 e. The van der Waals surface area contributed by atoms with E-state index in [9.17, 15) is 0 Å². The molecule has 0 fully saturated rings. The summed E-state index contributed by atoms with van der Waals surface area (Å²) in [5.41, 5.74) is 6.46. The maximum absolute atomic E-state index is 8.91. The van der Waals surface area contributed by atoms with E-state index < -0.39 is 0 Å². The van der Waals surface area contributed by atoms with Gasteiger partial charge in [-0.05, 0) is 60.2 Å². The highest BCUT2D eigenvalue weighted by atomic mass is 16.2. The molecule has 1 atom stereocenters. The first-order chi connectivity index (χ1) is 11.8. The summed E-state index contributed by atoms with van der Waals surface area (Å²) in [5.74, 6) is 0. The van der Waals surface area contributed by atoms with Crippen molar-refractivity contribution in [2.24, 2.45) is 0 Å². The molecule has 3 N–H and O–H groups in total. The standard InChI is InChI=1S/C21H22N2O/c24-12-10-15-5-7-19-16(13-15)6-8-21(19)22-11-9-17-14-23-20-4-2-1-3-18(17)20/h1-5,7,10,12-14,21-24H,6,8-9,11H2/b12-10+. The fourth-order valence-corrected chi connectivity index (χ4v) is 3.76. The van der Waals surface area contributed by atoms with E-state index in [1.165, 1.54) is 27.6 Å². The van der Waals surface area contributed by atoms with Crippen LogP contribution in [0.25, 0.3) is 17.0 Å². The van der Waals surface area contributed by atoms with Crippen molar-refractivity contribution >= 4 is 17.0 Å². The predicted molar refractivity (Wildman–Crippen MR) is 99.2 cm³/mol. The van der Waals surface area contributed by atoms with E-state index in [0.29, 0.717) is 6.04 Å². The van der Waals surface area contributed by atoms with Crippen LogP contribution in [0.3, 0.4) is 0 Å². The van der Waals surface area contributed by atoms with E-state index in [4.69, 9.17) is 5.11 Å². The SMILES string of the molecule is O/C=C/c1ccc2c(c1)CCC2NCCc1c[nH]c2ccccc12. The zero-order chi connectivity index (χ0) is 16.4. The molecule has 0 aliphatic heterocycles. The van der Waals surface area contributed by atoms with Gasteiger partial charge in [0.2, 0.25) is 0 Å². The van der Waals surface area contributed by atoms with Gasteiger partial charge in [-0.2, -0.15) is 0 Å². The number of aryl methyl sites for hydroxylation is 1. The summed E-state index contributed by atoms with van der Waals surface area (Å²) in [4.78, 5) is 3.35. The third kappa shape index (κ3) is 2.83. The van der Waals surface area contributed by atoms with E-state index in [-0.39, 0.29) is 0 Å². The number of aromatic amines is 1. The monoisotopic (exact) mass is 318 g/mol. The number of para-hydroxylation sites is 1. The van der Waals surface area contributed by atoms with E-state index in [1.807, 2.05) is 0 Å². The maximum atomic E-state index is 8.91. The van der Waals surface area contributed by atoms with Crippen LogP contribution >= 0.6 is 0 Å². The van der Waals surface area contributed by atoms with Crippen LogP contribution in [0.1, 0.15) is 34.7 Å². The molecule has 3 heteroatoms. The summed E-state index contributed by atoms with van der Waals surface area (Å²) in [7, 11) is 0. The predicted octanol–water partition coefficient (Wildman–Crippen LogP) is 4.52. The van der Waals surface area contributed by atoms with Gasteiger partial charge >= 0.3 is 0 Å². The fraction of sp³-hybridized carbons (Fsp3) is 0.238. The van der Waals surface area contributed by atoms with Gasteiger partial charge in [0.05, 0.1) is 6.26 Å². The molecule has 1 aliphatic carbocycles. The molecule has 0 radical (unpaired) electrons. The molecular formula is C21H22N2O. The average molecular weight is 318 g/mol. The van der Waals surface area contributed by atoms with Crippen molar-refractivity contribution < 1.29 is 5.11 Å². The van der Waals surface area contributed by atoms with E-state index >= 15 is 0 Å². The van der Waals surface area contributed by atoms with Crippen molar-refractivity contribution in [3.8, 4) is 0 Å². The Morgan fingerprint density at radius 3 is 3.04 bits per heavy atom. The van der Waals surface area contributed by atoms with Crippen LogP contribution in [0.2, 0.25) is 0 Å². The number of nitrogens with one attached hydrogen (secondary N) is 2. The van der Waals surface area contributed by atoms with Gasteiger partial charge < -0.3 is 15.4 Å². The minimum atomic E-state index is 0.442. The Hall–Kier alpha value is -2.52. The quantitative estimate of drug-likeness (QED) is 0.606. The molecule has 1 unspecified atom stereocenters. The van der Waals surface area contributed by atoms with Crippen LogP contribution in [0.15, 0.2) is 54.9 Å². The van der Waals surface area contributed by atoms with Gasteiger partial charge in [-0.25, -0.2) is 0 Å². The van der Waals surface area contributed by atoms with Gasteiger partial charge in [-0.15, -0.1) is 0 Å².